The number of nitrogens with zero attached hydrogens (tertiary/aromatic N) is 2. The highest BCUT2D eigenvalue weighted by molar-refractivity contribution is 7.81. The first kappa shape index (κ1) is 12.5. The fourth-order valence-corrected chi connectivity index (χ4v) is 1.63. The number of benzene rings is 1. The normalized spacial score (nSPS) is 9.31. The molecule has 0 aromatic heterocycles. The maximum Gasteiger partial charge on any atom is 0.185 e. The molecule has 0 amide bonds. The van der Waals surface area contributed by atoms with Gasteiger partial charge in [-0.25, -0.2) is 0 Å². The average Bonchev–Trinajstić information content (AvgIpc) is 2.32. The number of hydrogen-bond donors (Lipinski definition) is 0. The zero-order valence-electron chi connectivity index (χ0n) is 9.43. The minimum absolute atomic E-state index is 0.284. The van der Waals surface area contributed by atoms with Crippen LogP contribution < -0.4 is 9.64 Å². The molecule has 1 aromatic rings. The van der Waals surface area contributed by atoms with Crippen molar-refractivity contribution in [2.75, 3.05) is 18.1 Å². The molecular formula is C12H14N2OS. The summed E-state index contributed by atoms with van der Waals surface area (Å²) in [5, 5.41) is 8.78. The highest BCUT2D eigenvalue weighted by Gasteiger charge is 2.08. The average molecular weight is 234 g/mol. The van der Waals surface area contributed by atoms with E-state index in [4.69, 9.17) is 22.2 Å². The molecule has 0 heterocycles. The number of thiocarbonyl (C=S) groups is 1. The minimum atomic E-state index is 0.284. The van der Waals surface area contributed by atoms with E-state index in [1.165, 1.54) is 0 Å². The summed E-state index contributed by atoms with van der Waals surface area (Å²) >= 11 is 4.98. The van der Waals surface area contributed by atoms with E-state index in [0.717, 1.165) is 11.4 Å². The molecule has 0 spiro atoms. The summed E-state index contributed by atoms with van der Waals surface area (Å²) in [5.74, 6) is 0.824. The zero-order valence-corrected chi connectivity index (χ0v) is 10.3. The number of rotatable bonds is 4. The van der Waals surface area contributed by atoms with Crippen LogP contribution in [0.25, 0.3) is 0 Å². The molecule has 0 aliphatic rings. The Hall–Kier alpha value is -1.60. The summed E-state index contributed by atoms with van der Waals surface area (Å²) in [5.41, 5.74) is 0.914. The van der Waals surface area contributed by atoms with Crippen LogP contribution in [-0.2, 0) is 0 Å². The molecule has 16 heavy (non-hydrogen) atoms. The maximum absolute atomic E-state index is 8.78. The standard InChI is InChI=1S/C12H14N2OS/c1-3-14(12(16)9-13)10-5-7-11(8-6-10)15-4-2/h5-8H,3-4H2,1-2H3. The van der Waals surface area contributed by atoms with Crippen molar-refractivity contribution in [3.05, 3.63) is 24.3 Å². The van der Waals surface area contributed by atoms with Crippen molar-refractivity contribution in [2.24, 2.45) is 0 Å². The van der Waals surface area contributed by atoms with Gasteiger partial charge in [0.1, 0.15) is 11.8 Å². The lowest BCUT2D eigenvalue weighted by Gasteiger charge is -2.19. The molecule has 0 aliphatic carbocycles. The van der Waals surface area contributed by atoms with E-state index in [1.54, 1.807) is 4.90 Å². The van der Waals surface area contributed by atoms with Crippen molar-refractivity contribution in [1.82, 2.24) is 0 Å². The van der Waals surface area contributed by atoms with E-state index < -0.39 is 0 Å². The van der Waals surface area contributed by atoms with E-state index in [-0.39, 0.29) is 4.99 Å². The highest BCUT2D eigenvalue weighted by Crippen LogP contribution is 2.19. The van der Waals surface area contributed by atoms with Gasteiger partial charge < -0.3 is 9.64 Å². The van der Waals surface area contributed by atoms with Gasteiger partial charge in [-0.3, -0.25) is 0 Å². The summed E-state index contributed by atoms with van der Waals surface area (Å²) in [4.78, 5) is 2.07. The van der Waals surface area contributed by atoms with Crippen molar-refractivity contribution >= 4 is 22.9 Å². The molecule has 0 atom stereocenters. The van der Waals surface area contributed by atoms with Crippen molar-refractivity contribution in [2.45, 2.75) is 13.8 Å². The first-order chi connectivity index (χ1) is 7.72. The Balaban J connectivity index is 2.87. The summed E-state index contributed by atoms with van der Waals surface area (Å²) in [6.07, 6.45) is 0. The van der Waals surface area contributed by atoms with Crippen LogP contribution in [0.2, 0.25) is 0 Å². The second-order valence-corrected chi connectivity index (χ2v) is 3.47. The van der Waals surface area contributed by atoms with Gasteiger partial charge in [0.25, 0.3) is 0 Å². The van der Waals surface area contributed by atoms with Crippen LogP contribution in [0.3, 0.4) is 0 Å². The molecule has 84 valence electrons. The van der Waals surface area contributed by atoms with Gasteiger partial charge in [0.2, 0.25) is 0 Å². The Kier molecular flexibility index (Phi) is 4.74. The predicted molar refractivity (Wildman–Crippen MR) is 68.8 cm³/mol. The monoisotopic (exact) mass is 234 g/mol. The summed E-state index contributed by atoms with van der Waals surface area (Å²) in [7, 11) is 0. The lowest BCUT2D eigenvalue weighted by Crippen LogP contribution is -2.27. The van der Waals surface area contributed by atoms with Crippen LogP contribution in [0.1, 0.15) is 13.8 Å². The molecule has 0 radical (unpaired) electrons. The number of ether oxygens (including phenoxy) is 1. The topological polar surface area (TPSA) is 36.3 Å². The quantitative estimate of drug-likeness (QED) is 0.751. The summed E-state index contributed by atoms with van der Waals surface area (Å²) < 4.78 is 5.34. The van der Waals surface area contributed by atoms with Gasteiger partial charge in [-0.2, -0.15) is 5.26 Å². The number of nitriles is 1. The minimum Gasteiger partial charge on any atom is -0.494 e. The Bertz CT molecular complexity index is 394. The van der Waals surface area contributed by atoms with Gasteiger partial charge in [-0.1, -0.05) is 0 Å². The fraction of sp³-hybridized carbons (Fsp3) is 0.333. The van der Waals surface area contributed by atoms with Crippen LogP contribution in [0.4, 0.5) is 5.69 Å². The fourth-order valence-electron chi connectivity index (χ4n) is 1.39. The van der Waals surface area contributed by atoms with Crippen LogP contribution in [0.15, 0.2) is 24.3 Å². The Morgan fingerprint density at radius 2 is 2.00 bits per heavy atom. The summed E-state index contributed by atoms with van der Waals surface area (Å²) in [6.45, 7) is 5.23. The van der Waals surface area contributed by atoms with Crippen LogP contribution in [0, 0.1) is 11.3 Å². The molecule has 0 saturated heterocycles. The molecule has 4 heteroatoms. The molecule has 0 N–H and O–H groups in total. The van der Waals surface area contributed by atoms with Crippen LogP contribution >= 0.6 is 12.2 Å². The van der Waals surface area contributed by atoms with Gasteiger partial charge in [0.15, 0.2) is 4.99 Å². The third kappa shape index (κ3) is 2.94. The molecule has 0 bridgehead atoms. The maximum atomic E-state index is 8.78. The molecule has 1 aromatic carbocycles. The van der Waals surface area contributed by atoms with Crippen molar-refractivity contribution < 1.29 is 4.74 Å². The van der Waals surface area contributed by atoms with Crippen LogP contribution in [0.5, 0.6) is 5.75 Å². The van der Waals surface area contributed by atoms with E-state index in [9.17, 15) is 0 Å². The van der Waals surface area contributed by atoms with Crippen molar-refractivity contribution in [3.63, 3.8) is 0 Å². The lowest BCUT2D eigenvalue weighted by atomic mass is 10.2. The highest BCUT2D eigenvalue weighted by atomic mass is 32.1. The lowest BCUT2D eigenvalue weighted by molar-refractivity contribution is 0.340. The Morgan fingerprint density at radius 3 is 2.44 bits per heavy atom. The van der Waals surface area contributed by atoms with E-state index in [0.29, 0.717) is 13.2 Å². The number of hydrogen-bond acceptors (Lipinski definition) is 3. The van der Waals surface area contributed by atoms with Gasteiger partial charge in [-0.15, -0.1) is 0 Å². The number of anilines is 1. The molecule has 0 unspecified atom stereocenters. The Morgan fingerprint density at radius 1 is 1.38 bits per heavy atom. The molecule has 1 rings (SSSR count). The SMILES string of the molecule is CCOc1ccc(N(CC)C(=S)C#N)cc1. The largest absolute Gasteiger partial charge is 0.494 e. The molecule has 0 saturated carbocycles. The molecule has 3 nitrogen and oxygen atoms in total. The molecule has 0 aliphatic heterocycles. The Labute approximate surface area is 101 Å². The first-order valence-corrected chi connectivity index (χ1v) is 5.58. The van der Waals surface area contributed by atoms with Crippen molar-refractivity contribution in [3.8, 4) is 11.8 Å². The van der Waals surface area contributed by atoms with E-state index in [1.807, 2.05) is 44.2 Å². The van der Waals surface area contributed by atoms with Gasteiger partial charge in [0.05, 0.1) is 6.61 Å². The predicted octanol–water partition coefficient (Wildman–Crippen LogP) is 2.76. The van der Waals surface area contributed by atoms with Gasteiger partial charge in [-0.05, 0) is 50.3 Å². The summed E-state index contributed by atoms with van der Waals surface area (Å²) in [6, 6.07) is 9.54. The van der Waals surface area contributed by atoms with Gasteiger partial charge >= 0.3 is 0 Å². The van der Waals surface area contributed by atoms with Crippen LogP contribution in [-0.4, -0.2) is 18.1 Å². The zero-order chi connectivity index (χ0) is 12.0. The molecule has 0 fully saturated rings. The van der Waals surface area contributed by atoms with E-state index >= 15 is 0 Å². The second kappa shape index (κ2) is 6.09. The second-order valence-electron chi connectivity index (χ2n) is 3.09. The van der Waals surface area contributed by atoms with Gasteiger partial charge in [0, 0.05) is 12.2 Å². The smallest absolute Gasteiger partial charge is 0.185 e. The first-order valence-electron chi connectivity index (χ1n) is 5.17. The van der Waals surface area contributed by atoms with E-state index in [2.05, 4.69) is 0 Å². The van der Waals surface area contributed by atoms with Crippen molar-refractivity contribution in [1.29, 1.82) is 5.26 Å². The molecular weight excluding hydrogens is 220 g/mol. The third-order valence-corrected chi connectivity index (χ3v) is 2.43. The third-order valence-electron chi connectivity index (χ3n) is 2.12.